The number of amides is 3. The van der Waals surface area contributed by atoms with Crippen molar-refractivity contribution in [2.24, 2.45) is 5.73 Å². The number of thiol groups is 1. The second-order valence-electron chi connectivity index (χ2n) is 7.99. The van der Waals surface area contributed by atoms with Crippen molar-refractivity contribution in [3.8, 4) is 0 Å². The zero-order valence-corrected chi connectivity index (χ0v) is 20.0. The molecule has 1 aromatic carbocycles. The third-order valence-electron chi connectivity index (χ3n) is 5.34. The second kappa shape index (κ2) is 13.5. The van der Waals surface area contributed by atoms with Gasteiger partial charge < -0.3 is 42.0 Å². The minimum Gasteiger partial charge on any atom is -0.481 e. The number of fused-ring (bicyclic) bond motifs is 1. The van der Waals surface area contributed by atoms with Crippen molar-refractivity contribution >= 4 is 53.2 Å². The van der Waals surface area contributed by atoms with E-state index >= 15 is 0 Å². The van der Waals surface area contributed by atoms with Gasteiger partial charge in [0, 0.05) is 35.7 Å². The molecule has 14 heteroatoms. The van der Waals surface area contributed by atoms with E-state index in [-0.39, 0.29) is 18.6 Å². The number of rotatable bonds is 14. The summed E-state index contributed by atoms with van der Waals surface area (Å²) in [6.45, 7) is -0.797. The summed E-state index contributed by atoms with van der Waals surface area (Å²) in [5, 5.41) is 35.6. The summed E-state index contributed by atoms with van der Waals surface area (Å²) in [6, 6.07) is 1.86. The van der Waals surface area contributed by atoms with Crippen LogP contribution in [0.25, 0.3) is 10.9 Å². The lowest BCUT2D eigenvalue weighted by molar-refractivity contribution is -0.143. The van der Waals surface area contributed by atoms with Crippen LogP contribution in [0.3, 0.4) is 0 Å². The molecule has 4 atom stereocenters. The first-order chi connectivity index (χ1) is 17.1. The molecule has 4 unspecified atom stereocenters. The summed E-state index contributed by atoms with van der Waals surface area (Å²) >= 11 is 3.91. The molecule has 0 fully saturated rings. The lowest BCUT2D eigenvalue weighted by Crippen LogP contribution is -2.58. The van der Waals surface area contributed by atoms with Gasteiger partial charge in [0.2, 0.25) is 17.7 Å². The zero-order chi connectivity index (χ0) is 26.8. The van der Waals surface area contributed by atoms with Gasteiger partial charge in [-0.05, 0) is 18.1 Å². The lowest BCUT2D eigenvalue weighted by Gasteiger charge is -2.24. The molecule has 2 rings (SSSR count). The Balaban J connectivity index is 2.27. The first-order valence-electron chi connectivity index (χ1n) is 10.9. The third kappa shape index (κ3) is 7.96. The largest absolute Gasteiger partial charge is 0.481 e. The van der Waals surface area contributed by atoms with Crippen LogP contribution in [0.15, 0.2) is 30.5 Å². The maximum atomic E-state index is 13.1. The van der Waals surface area contributed by atoms with E-state index < -0.39 is 66.9 Å². The Labute approximate surface area is 211 Å². The number of nitrogens with one attached hydrogen (secondary N) is 4. The first-order valence-corrected chi connectivity index (χ1v) is 11.6. The number of aliphatic hydroxyl groups is 1. The molecule has 0 spiro atoms. The SMILES string of the molecule is NC(CS)C(=O)NC(CO)C(=O)NC(Cc1c[nH]c2ccccc12)C(=O)NC(CCC(=O)O)C(=O)O. The minimum atomic E-state index is -1.52. The van der Waals surface area contributed by atoms with Gasteiger partial charge in [-0.3, -0.25) is 19.2 Å². The molecule has 1 heterocycles. The van der Waals surface area contributed by atoms with Crippen LogP contribution in [0.5, 0.6) is 0 Å². The maximum Gasteiger partial charge on any atom is 0.326 e. The quantitative estimate of drug-likeness (QED) is 0.129. The Bertz CT molecular complexity index is 1110. The summed E-state index contributed by atoms with van der Waals surface area (Å²) in [5.41, 5.74) is 6.98. The van der Waals surface area contributed by atoms with E-state index in [0.29, 0.717) is 5.56 Å². The van der Waals surface area contributed by atoms with E-state index in [0.717, 1.165) is 10.9 Å². The summed E-state index contributed by atoms with van der Waals surface area (Å²) in [7, 11) is 0. The molecule has 36 heavy (non-hydrogen) atoms. The number of aliphatic carboxylic acids is 2. The van der Waals surface area contributed by atoms with Gasteiger partial charge in [0.05, 0.1) is 12.6 Å². The van der Waals surface area contributed by atoms with Crippen molar-refractivity contribution in [2.75, 3.05) is 12.4 Å². The molecular formula is C22H29N5O8S. The number of carbonyl (C=O) groups is 5. The molecule has 1 aromatic heterocycles. The topological polar surface area (TPSA) is 224 Å². The van der Waals surface area contributed by atoms with E-state index in [1.165, 1.54) is 0 Å². The van der Waals surface area contributed by atoms with E-state index in [4.69, 9.17) is 10.8 Å². The Kier molecular flexibility index (Phi) is 10.7. The van der Waals surface area contributed by atoms with Gasteiger partial charge in [0.1, 0.15) is 18.1 Å². The van der Waals surface area contributed by atoms with E-state index in [2.05, 4.69) is 33.6 Å². The monoisotopic (exact) mass is 523 g/mol. The van der Waals surface area contributed by atoms with Crippen molar-refractivity contribution in [3.05, 3.63) is 36.0 Å². The molecule has 0 aliphatic carbocycles. The van der Waals surface area contributed by atoms with Crippen molar-refractivity contribution in [1.82, 2.24) is 20.9 Å². The fourth-order valence-corrected chi connectivity index (χ4v) is 3.52. The molecule has 0 aliphatic heterocycles. The highest BCUT2D eigenvalue weighted by Gasteiger charge is 2.31. The molecular weight excluding hydrogens is 494 g/mol. The number of aromatic amines is 1. The number of carboxylic acids is 2. The van der Waals surface area contributed by atoms with Crippen molar-refractivity contribution in [2.45, 2.75) is 43.4 Å². The second-order valence-corrected chi connectivity index (χ2v) is 8.35. The predicted octanol–water partition coefficient (Wildman–Crippen LogP) is -1.64. The average molecular weight is 524 g/mol. The van der Waals surface area contributed by atoms with Crippen LogP contribution in [-0.2, 0) is 30.4 Å². The molecule has 0 saturated heterocycles. The summed E-state index contributed by atoms with van der Waals surface area (Å²) in [6.07, 6.45) is 0.685. The minimum absolute atomic E-state index is 0.00981. The van der Waals surface area contributed by atoms with E-state index in [9.17, 15) is 34.2 Å². The fraction of sp³-hybridized carbons (Fsp3) is 0.409. The Morgan fingerprint density at radius 1 is 0.944 bits per heavy atom. The highest BCUT2D eigenvalue weighted by atomic mass is 32.1. The van der Waals surface area contributed by atoms with Gasteiger partial charge in [-0.2, -0.15) is 12.6 Å². The first kappa shape index (κ1) is 28.6. The fourth-order valence-electron chi connectivity index (χ4n) is 3.36. The Morgan fingerprint density at radius 3 is 2.17 bits per heavy atom. The smallest absolute Gasteiger partial charge is 0.326 e. The molecule has 13 nitrogen and oxygen atoms in total. The van der Waals surface area contributed by atoms with Gasteiger partial charge in [0.15, 0.2) is 0 Å². The Morgan fingerprint density at radius 2 is 1.56 bits per heavy atom. The number of aliphatic hydroxyl groups excluding tert-OH is 1. The van der Waals surface area contributed by atoms with Crippen LogP contribution in [0.2, 0.25) is 0 Å². The van der Waals surface area contributed by atoms with Gasteiger partial charge >= 0.3 is 11.9 Å². The van der Waals surface area contributed by atoms with Crippen LogP contribution >= 0.6 is 12.6 Å². The summed E-state index contributed by atoms with van der Waals surface area (Å²) in [4.78, 5) is 63.4. The molecule has 3 amide bonds. The van der Waals surface area contributed by atoms with Gasteiger partial charge in [0.25, 0.3) is 0 Å². The number of nitrogens with two attached hydrogens (primary N) is 1. The third-order valence-corrected chi connectivity index (χ3v) is 5.74. The molecule has 0 bridgehead atoms. The number of benzene rings is 1. The van der Waals surface area contributed by atoms with Crippen molar-refractivity contribution in [3.63, 3.8) is 0 Å². The average Bonchev–Trinajstić information content (AvgIpc) is 3.26. The van der Waals surface area contributed by atoms with Crippen molar-refractivity contribution in [1.29, 1.82) is 0 Å². The van der Waals surface area contributed by atoms with Gasteiger partial charge in [-0.1, -0.05) is 18.2 Å². The van der Waals surface area contributed by atoms with Crippen LogP contribution in [0, 0.1) is 0 Å². The zero-order valence-electron chi connectivity index (χ0n) is 19.1. The number of carboxylic acid groups (broad SMARTS) is 2. The number of H-pyrrole nitrogens is 1. The number of hydrogen-bond acceptors (Lipinski definition) is 8. The molecule has 0 aliphatic rings. The number of hydrogen-bond donors (Lipinski definition) is 9. The molecule has 0 radical (unpaired) electrons. The van der Waals surface area contributed by atoms with Crippen LogP contribution in [0.1, 0.15) is 18.4 Å². The normalized spacial score (nSPS) is 14.3. The summed E-state index contributed by atoms with van der Waals surface area (Å²) in [5.74, 6) is -5.22. The summed E-state index contributed by atoms with van der Waals surface area (Å²) < 4.78 is 0. The molecule has 0 saturated carbocycles. The highest BCUT2D eigenvalue weighted by molar-refractivity contribution is 7.80. The maximum absolute atomic E-state index is 13.1. The van der Waals surface area contributed by atoms with Crippen molar-refractivity contribution < 1.29 is 39.3 Å². The lowest BCUT2D eigenvalue weighted by atomic mass is 10.0. The molecule has 196 valence electrons. The Hall–Kier alpha value is -3.62. The van der Waals surface area contributed by atoms with Gasteiger partial charge in [-0.15, -0.1) is 0 Å². The number of carbonyl (C=O) groups excluding carboxylic acids is 3. The predicted molar refractivity (Wildman–Crippen MR) is 131 cm³/mol. The highest BCUT2D eigenvalue weighted by Crippen LogP contribution is 2.19. The standard InChI is InChI=1S/C22H29N5O8S/c23-13(10-36)19(31)27-17(9-28)21(33)26-16(7-11-8-24-14-4-2-1-3-12(11)14)20(32)25-15(22(34)35)5-6-18(29)30/h1-4,8,13,15-17,24,28,36H,5-7,9-10,23H2,(H,25,32)(H,26,33)(H,27,31)(H,29,30)(H,34,35). The van der Waals surface area contributed by atoms with Crippen LogP contribution < -0.4 is 21.7 Å². The van der Waals surface area contributed by atoms with Crippen LogP contribution in [-0.4, -0.2) is 86.5 Å². The molecule has 9 N–H and O–H groups in total. The van der Waals surface area contributed by atoms with Gasteiger partial charge in [-0.25, -0.2) is 4.79 Å². The molecule has 2 aromatic rings. The van der Waals surface area contributed by atoms with E-state index in [1.54, 1.807) is 30.5 Å². The number of aromatic nitrogens is 1. The number of para-hydroxylation sites is 1. The van der Waals surface area contributed by atoms with Crippen LogP contribution in [0.4, 0.5) is 0 Å². The van der Waals surface area contributed by atoms with E-state index in [1.807, 2.05) is 0 Å².